The molecule has 0 unspecified atom stereocenters. The summed E-state index contributed by atoms with van der Waals surface area (Å²) in [5, 5.41) is 20.2. The van der Waals surface area contributed by atoms with E-state index in [1.807, 2.05) is 6.07 Å². The number of nitrogens with one attached hydrogen (secondary N) is 1. The Bertz CT molecular complexity index is 660. The number of carbonyl (C=O) groups is 1. The third-order valence-corrected chi connectivity index (χ3v) is 2.48. The van der Waals surface area contributed by atoms with Crippen LogP contribution in [0, 0.1) is 17.1 Å². The summed E-state index contributed by atoms with van der Waals surface area (Å²) in [6.07, 6.45) is 0. The number of rotatable bonds is 2. The molecule has 0 aliphatic carbocycles. The van der Waals surface area contributed by atoms with Crippen molar-refractivity contribution in [2.24, 2.45) is 0 Å². The van der Waals surface area contributed by atoms with Gasteiger partial charge >= 0.3 is 0 Å². The lowest BCUT2D eigenvalue weighted by molar-refractivity contribution is 0.102. The first-order valence-corrected chi connectivity index (χ1v) is 5.40. The van der Waals surface area contributed by atoms with E-state index in [-0.39, 0.29) is 5.69 Å². The lowest BCUT2D eigenvalue weighted by Crippen LogP contribution is -2.11. The molecule has 0 aliphatic rings. The third kappa shape index (κ3) is 2.87. The van der Waals surface area contributed by atoms with Crippen molar-refractivity contribution >= 4 is 11.6 Å². The van der Waals surface area contributed by atoms with Gasteiger partial charge in [0.1, 0.15) is 0 Å². The molecule has 0 aliphatic heterocycles. The Morgan fingerprint density at radius 3 is 2.47 bits per heavy atom. The summed E-state index contributed by atoms with van der Waals surface area (Å²) >= 11 is 0. The van der Waals surface area contributed by atoms with Gasteiger partial charge in [-0.05, 0) is 36.4 Å². The van der Waals surface area contributed by atoms with E-state index in [0.29, 0.717) is 11.1 Å². The highest BCUT2D eigenvalue weighted by molar-refractivity contribution is 6.04. The molecular weight excluding hydrogens is 247 g/mol. The average Bonchev–Trinajstić information content (AvgIpc) is 2.43. The quantitative estimate of drug-likeness (QED) is 0.811. The number of anilines is 1. The van der Waals surface area contributed by atoms with Crippen molar-refractivity contribution in [2.45, 2.75) is 0 Å². The number of halogens is 1. The van der Waals surface area contributed by atoms with Gasteiger partial charge in [-0.1, -0.05) is 0 Å². The maximum absolute atomic E-state index is 13.1. The predicted molar refractivity (Wildman–Crippen MR) is 67.2 cm³/mol. The van der Waals surface area contributed by atoms with Gasteiger partial charge in [0.25, 0.3) is 5.91 Å². The number of phenols is 1. The molecule has 1 amide bonds. The summed E-state index contributed by atoms with van der Waals surface area (Å²) < 4.78 is 13.1. The summed E-state index contributed by atoms with van der Waals surface area (Å²) in [7, 11) is 0. The number of aromatic hydroxyl groups is 1. The third-order valence-electron chi connectivity index (χ3n) is 2.48. The molecule has 0 radical (unpaired) electrons. The maximum atomic E-state index is 13.1. The van der Waals surface area contributed by atoms with Crippen LogP contribution in [0.2, 0.25) is 0 Å². The van der Waals surface area contributed by atoms with Crippen molar-refractivity contribution in [3.05, 3.63) is 59.4 Å². The molecule has 19 heavy (non-hydrogen) atoms. The van der Waals surface area contributed by atoms with Gasteiger partial charge in [-0.2, -0.15) is 5.26 Å². The Labute approximate surface area is 108 Å². The van der Waals surface area contributed by atoms with Crippen LogP contribution in [-0.4, -0.2) is 11.0 Å². The van der Waals surface area contributed by atoms with Crippen molar-refractivity contribution in [1.82, 2.24) is 0 Å². The Balaban J connectivity index is 2.16. The largest absolute Gasteiger partial charge is 0.505 e. The van der Waals surface area contributed by atoms with E-state index in [0.717, 1.165) is 12.1 Å². The van der Waals surface area contributed by atoms with Gasteiger partial charge in [0.05, 0.1) is 11.6 Å². The lowest BCUT2D eigenvalue weighted by atomic mass is 10.1. The van der Waals surface area contributed by atoms with Crippen LogP contribution in [0.25, 0.3) is 0 Å². The molecule has 2 aromatic rings. The Morgan fingerprint density at radius 1 is 1.21 bits per heavy atom. The number of nitriles is 1. The second kappa shape index (κ2) is 5.19. The topological polar surface area (TPSA) is 73.1 Å². The Hall–Kier alpha value is -2.87. The normalized spacial score (nSPS) is 9.68. The summed E-state index contributed by atoms with van der Waals surface area (Å²) in [4.78, 5) is 11.8. The average molecular weight is 256 g/mol. The van der Waals surface area contributed by atoms with Gasteiger partial charge in [0, 0.05) is 17.3 Å². The second-order valence-electron chi connectivity index (χ2n) is 3.81. The van der Waals surface area contributed by atoms with Crippen molar-refractivity contribution in [1.29, 1.82) is 5.26 Å². The highest BCUT2D eigenvalue weighted by atomic mass is 19.1. The van der Waals surface area contributed by atoms with Gasteiger partial charge in [-0.3, -0.25) is 4.79 Å². The van der Waals surface area contributed by atoms with Crippen molar-refractivity contribution in [3.8, 4) is 11.8 Å². The summed E-state index contributed by atoms with van der Waals surface area (Å²) in [5.41, 5.74) is 1.05. The minimum absolute atomic E-state index is 0.240. The smallest absolute Gasteiger partial charge is 0.255 e. The van der Waals surface area contributed by atoms with Crippen LogP contribution in [-0.2, 0) is 0 Å². The first-order valence-electron chi connectivity index (χ1n) is 5.40. The minimum atomic E-state index is -0.808. The standard InChI is InChI=1S/C14H9FN2O2/c15-12-7-11(5-6-13(12)18)17-14(19)10-3-1-9(8-16)2-4-10/h1-7,18H,(H,17,19). The molecule has 0 aromatic heterocycles. The van der Waals surface area contributed by atoms with Crippen LogP contribution < -0.4 is 5.32 Å². The van der Waals surface area contributed by atoms with Crippen molar-refractivity contribution < 1.29 is 14.3 Å². The number of hydrogen-bond acceptors (Lipinski definition) is 3. The highest BCUT2D eigenvalue weighted by Gasteiger charge is 2.08. The first kappa shape index (κ1) is 12.6. The Kier molecular flexibility index (Phi) is 3.44. The van der Waals surface area contributed by atoms with E-state index in [9.17, 15) is 9.18 Å². The summed E-state index contributed by atoms with van der Waals surface area (Å²) in [6, 6.07) is 11.6. The molecular formula is C14H9FN2O2. The first-order chi connectivity index (χ1) is 9.10. The number of nitrogens with zero attached hydrogens (tertiary/aromatic N) is 1. The van der Waals surface area contributed by atoms with Gasteiger partial charge < -0.3 is 10.4 Å². The summed E-state index contributed by atoms with van der Waals surface area (Å²) in [6.45, 7) is 0. The van der Waals surface area contributed by atoms with Gasteiger partial charge in [-0.15, -0.1) is 0 Å². The van der Waals surface area contributed by atoms with E-state index < -0.39 is 17.5 Å². The molecule has 2 aromatic carbocycles. The fraction of sp³-hybridized carbons (Fsp3) is 0. The molecule has 4 nitrogen and oxygen atoms in total. The van der Waals surface area contributed by atoms with Crippen LogP contribution >= 0.6 is 0 Å². The van der Waals surface area contributed by atoms with Crippen LogP contribution in [0.15, 0.2) is 42.5 Å². The SMILES string of the molecule is N#Cc1ccc(C(=O)Nc2ccc(O)c(F)c2)cc1. The van der Waals surface area contributed by atoms with Crippen LogP contribution in [0.5, 0.6) is 5.75 Å². The van der Waals surface area contributed by atoms with E-state index in [1.165, 1.54) is 30.3 Å². The molecule has 0 fully saturated rings. The minimum Gasteiger partial charge on any atom is -0.505 e. The molecule has 0 saturated carbocycles. The monoisotopic (exact) mass is 256 g/mol. The van der Waals surface area contributed by atoms with Gasteiger partial charge in [0.2, 0.25) is 0 Å². The number of hydrogen-bond donors (Lipinski definition) is 2. The molecule has 0 spiro atoms. The highest BCUT2D eigenvalue weighted by Crippen LogP contribution is 2.19. The molecule has 2 N–H and O–H groups in total. The van der Waals surface area contributed by atoms with Crippen molar-refractivity contribution in [3.63, 3.8) is 0 Å². The van der Waals surface area contributed by atoms with Crippen molar-refractivity contribution in [2.75, 3.05) is 5.32 Å². The van der Waals surface area contributed by atoms with E-state index in [4.69, 9.17) is 10.4 Å². The fourth-order valence-corrected chi connectivity index (χ4v) is 1.48. The molecule has 2 rings (SSSR count). The molecule has 0 atom stereocenters. The van der Waals surface area contributed by atoms with Gasteiger partial charge in [-0.25, -0.2) is 4.39 Å². The fourth-order valence-electron chi connectivity index (χ4n) is 1.48. The predicted octanol–water partition coefficient (Wildman–Crippen LogP) is 2.66. The number of carbonyl (C=O) groups excluding carboxylic acids is 1. The molecule has 0 saturated heterocycles. The zero-order chi connectivity index (χ0) is 13.8. The molecule has 0 bridgehead atoms. The van der Waals surface area contributed by atoms with E-state index in [1.54, 1.807) is 0 Å². The van der Waals surface area contributed by atoms with Gasteiger partial charge in [0.15, 0.2) is 11.6 Å². The maximum Gasteiger partial charge on any atom is 0.255 e. The summed E-state index contributed by atoms with van der Waals surface area (Å²) in [5.74, 6) is -1.71. The molecule has 94 valence electrons. The molecule has 5 heteroatoms. The number of phenolic OH excluding ortho intramolecular Hbond substituents is 1. The van der Waals surface area contributed by atoms with Crippen LogP contribution in [0.4, 0.5) is 10.1 Å². The zero-order valence-corrected chi connectivity index (χ0v) is 9.72. The number of amides is 1. The van der Waals surface area contributed by atoms with Crippen LogP contribution in [0.1, 0.15) is 15.9 Å². The number of benzene rings is 2. The van der Waals surface area contributed by atoms with E-state index >= 15 is 0 Å². The molecule has 0 heterocycles. The Morgan fingerprint density at radius 2 is 1.89 bits per heavy atom. The lowest BCUT2D eigenvalue weighted by Gasteiger charge is -2.06. The van der Waals surface area contributed by atoms with E-state index in [2.05, 4.69) is 5.32 Å². The zero-order valence-electron chi connectivity index (χ0n) is 9.72. The van der Waals surface area contributed by atoms with Crippen LogP contribution in [0.3, 0.4) is 0 Å². The second-order valence-corrected chi connectivity index (χ2v) is 3.81.